The van der Waals surface area contributed by atoms with E-state index >= 15 is 0 Å². The fourth-order valence-corrected chi connectivity index (χ4v) is 6.65. The van der Waals surface area contributed by atoms with Gasteiger partial charge in [-0.15, -0.1) is 0 Å². The molecule has 2 heterocycles. The summed E-state index contributed by atoms with van der Waals surface area (Å²) >= 11 is 1.52. The highest BCUT2D eigenvalue weighted by Crippen LogP contribution is 2.36. The molecule has 2 aliphatic carbocycles. The number of ether oxygens (including phenoxy) is 2. The van der Waals surface area contributed by atoms with Gasteiger partial charge in [0.25, 0.3) is 0 Å². The average molecular weight is 540 g/mol. The van der Waals surface area contributed by atoms with Gasteiger partial charge in [0.05, 0.1) is 36.1 Å². The molecule has 1 unspecified atom stereocenters. The van der Waals surface area contributed by atoms with Gasteiger partial charge < -0.3 is 20.1 Å². The van der Waals surface area contributed by atoms with E-state index in [0.29, 0.717) is 36.5 Å². The maximum Gasteiger partial charge on any atom is 0.229 e. The first-order valence-electron chi connectivity index (χ1n) is 14.1. The predicted molar refractivity (Wildman–Crippen MR) is 155 cm³/mol. The first-order valence-corrected chi connectivity index (χ1v) is 15.0. The van der Waals surface area contributed by atoms with Crippen LogP contribution in [0.5, 0.6) is 0 Å². The first kappa shape index (κ1) is 27.2. The maximum atomic E-state index is 12.9. The SMILES string of the molecule is CN/C=C(\C=N/CCOC1CCCC1)c1ccc2nc(NC(=O)C3CC(N4CCCOCC4C)C3)sc2c1. The van der Waals surface area contributed by atoms with Gasteiger partial charge in [0, 0.05) is 56.2 Å². The van der Waals surface area contributed by atoms with Crippen LogP contribution >= 0.6 is 11.3 Å². The molecule has 1 aromatic heterocycles. The van der Waals surface area contributed by atoms with Crippen LogP contribution in [0, 0.1) is 5.92 Å². The van der Waals surface area contributed by atoms with Crippen molar-refractivity contribution in [3.63, 3.8) is 0 Å². The van der Waals surface area contributed by atoms with Crippen LogP contribution in [0.25, 0.3) is 15.8 Å². The van der Waals surface area contributed by atoms with E-state index in [1.165, 1.54) is 37.0 Å². The number of rotatable bonds is 10. The molecule has 1 saturated heterocycles. The van der Waals surface area contributed by atoms with Gasteiger partial charge in [0.2, 0.25) is 5.91 Å². The third-order valence-corrected chi connectivity index (χ3v) is 8.88. The number of hydrogen-bond donors (Lipinski definition) is 2. The molecule has 0 radical (unpaired) electrons. The van der Waals surface area contributed by atoms with Crippen LogP contribution in [0.2, 0.25) is 0 Å². The predicted octanol–water partition coefficient (Wildman–Crippen LogP) is 4.71. The lowest BCUT2D eigenvalue weighted by Gasteiger charge is -2.44. The van der Waals surface area contributed by atoms with Crippen molar-refractivity contribution in [3.05, 3.63) is 30.0 Å². The number of hydrogen-bond acceptors (Lipinski definition) is 8. The van der Waals surface area contributed by atoms with Crippen molar-refractivity contribution < 1.29 is 14.3 Å². The Labute approximate surface area is 229 Å². The summed E-state index contributed by atoms with van der Waals surface area (Å²) in [5.74, 6) is 0.139. The molecule has 1 aliphatic heterocycles. The van der Waals surface area contributed by atoms with Gasteiger partial charge in [-0.3, -0.25) is 14.7 Å². The molecule has 206 valence electrons. The number of thiazole rings is 1. The van der Waals surface area contributed by atoms with Crippen LogP contribution in [-0.4, -0.2) is 80.2 Å². The number of nitrogens with one attached hydrogen (secondary N) is 2. The molecule has 9 heteroatoms. The topological polar surface area (TPSA) is 88.1 Å². The first-order chi connectivity index (χ1) is 18.6. The Morgan fingerprint density at radius 1 is 1.29 bits per heavy atom. The minimum absolute atomic E-state index is 0.0537. The highest BCUT2D eigenvalue weighted by molar-refractivity contribution is 7.22. The van der Waals surface area contributed by atoms with Gasteiger partial charge in [-0.2, -0.15) is 0 Å². The second-order valence-electron chi connectivity index (χ2n) is 10.7. The third kappa shape index (κ3) is 6.81. The smallest absolute Gasteiger partial charge is 0.229 e. The summed E-state index contributed by atoms with van der Waals surface area (Å²) < 4.78 is 12.6. The number of allylic oxidation sites excluding steroid dienone is 1. The summed E-state index contributed by atoms with van der Waals surface area (Å²) in [5.41, 5.74) is 2.96. The van der Waals surface area contributed by atoms with E-state index < -0.39 is 0 Å². The largest absolute Gasteiger partial charge is 0.393 e. The molecule has 1 aromatic carbocycles. The number of aliphatic imine (C=N–C) groups is 1. The van der Waals surface area contributed by atoms with E-state index in [0.717, 1.165) is 60.4 Å². The van der Waals surface area contributed by atoms with Crippen LogP contribution < -0.4 is 10.6 Å². The van der Waals surface area contributed by atoms with Gasteiger partial charge in [-0.05, 0) is 56.7 Å². The van der Waals surface area contributed by atoms with E-state index in [1.807, 2.05) is 25.5 Å². The monoisotopic (exact) mass is 539 g/mol. The van der Waals surface area contributed by atoms with Crippen LogP contribution in [0.3, 0.4) is 0 Å². The summed E-state index contributed by atoms with van der Waals surface area (Å²) in [4.78, 5) is 24.7. The zero-order valence-corrected chi connectivity index (χ0v) is 23.5. The van der Waals surface area contributed by atoms with E-state index in [9.17, 15) is 4.79 Å². The molecule has 0 spiro atoms. The number of amides is 1. The Morgan fingerprint density at radius 3 is 2.95 bits per heavy atom. The minimum atomic E-state index is 0.0537. The Bertz CT molecular complexity index is 1140. The molecule has 8 nitrogen and oxygen atoms in total. The second-order valence-corrected chi connectivity index (χ2v) is 11.8. The molecule has 1 atom stereocenters. The Hall–Kier alpha value is -2.33. The molecule has 2 saturated carbocycles. The van der Waals surface area contributed by atoms with Crippen LogP contribution in [0.15, 0.2) is 29.4 Å². The van der Waals surface area contributed by atoms with Crippen molar-refractivity contribution in [2.24, 2.45) is 10.9 Å². The lowest BCUT2D eigenvalue weighted by atomic mass is 9.78. The van der Waals surface area contributed by atoms with E-state index in [4.69, 9.17) is 9.47 Å². The lowest BCUT2D eigenvalue weighted by molar-refractivity contribution is -0.125. The summed E-state index contributed by atoms with van der Waals surface area (Å²) in [6.07, 6.45) is 12.1. The Morgan fingerprint density at radius 2 is 2.13 bits per heavy atom. The normalized spacial score (nSPS) is 25.5. The van der Waals surface area contributed by atoms with Crippen LogP contribution in [0.4, 0.5) is 5.13 Å². The molecular formula is C29H41N5O3S. The lowest BCUT2D eigenvalue weighted by Crippen LogP contribution is -2.52. The second kappa shape index (κ2) is 13.2. The molecule has 5 rings (SSSR count). The number of benzene rings is 1. The number of aromatic nitrogens is 1. The Kier molecular flexibility index (Phi) is 9.43. The summed E-state index contributed by atoms with van der Waals surface area (Å²) in [5, 5.41) is 6.88. The van der Waals surface area contributed by atoms with Crippen molar-refractivity contribution in [1.29, 1.82) is 0 Å². The van der Waals surface area contributed by atoms with Crippen molar-refractivity contribution >= 4 is 44.4 Å². The van der Waals surface area contributed by atoms with E-state index in [1.54, 1.807) is 0 Å². The zero-order valence-electron chi connectivity index (χ0n) is 22.7. The van der Waals surface area contributed by atoms with E-state index in [2.05, 4.69) is 44.6 Å². The fourth-order valence-electron chi connectivity index (χ4n) is 5.74. The number of carbonyl (C=O) groups excluding carboxylic acids is 1. The number of anilines is 1. The summed E-state index contributed by atoms with van der Waals surface area (Å²) in [6.45, 7) is 6.23. The van der Waals surface area contributed by atoms with Crippen LogP contribution in [0.1, 0.15) is 57.4 Å². The highest BCUT2D eigenvalue weighted by Gasteiger charge is 2.40. The van der Waals surface area contributed by atoms with Crippen LogP contribution in [-0.2, 0) is 14.3 Å². The number of nitrogens with zero attached hydrogens (tertiary/aromatic N) is 3. The summed E-state index contributed by atoms with van der Waals surface area (Å²) in [6, 6.07) is 7.09. The van der Waals surface area contributed by atoms with Gasteiger partial charge in [0.1, 0.15) is 0 Å². The molecule has 38 heavy (non-hydrogen) atoms. The quantitative estimate of drug-likeness (QED) is 0.336. The molecule has 3 fully saturated rings. The molecule has 3 aliphatic rings. The fraction of sp³-hybridized carbons (Fsp3) is 0.621. The molecule has 1 amide bonds. The molecule has 0 bridgehead atoms. The average Bonchev–Trinajstić information content (AvgIpc) is 3.49. The number of fused-ring (bicyclic) bond motifs is 1. The van der Waals surface area contributed by atoms with Gasteiger partial charge in [0.15, 0.2) is 5.13 Å². The highest BCUT2D eigenvalue weighted by atomic mass is 32.1. The van der Waals surface area contributed by atoms with E-state index in [-0.39, 0.29) is 11.8 Å². The van der Waals surface area contributed by atoms with Crippen molar-refractivity contribution in [2.75, 3.05) is 45.3 Å². The standard InChI is InChI=1S/C29H41N5O3S/c1-20-19-36-12-5-11-34(20)24-14-22(15-24)28(35)33-29-32-26-9-8-21(16-27(26)38-29)23(17-30-2)18-31-10-13-37-25-6-3-4-7-25/h8-9,16-18,20,22,24-25,30H,3-7,10-15,19H2,1-2H3,(H,32,33,35)/b23-17+,31-18-. The Balaban J connectivity index is 1.15. The van der Waals surface area contributed by atoms with Crippen molar-refractivity contribution in [1.82, 2.24) is 15.2 Å². The van der Waals surface area contributed by atoms with Gasteiger partial charge in [-0.1, -0.05) is 30.2 Å². The maximum absolute atomic E-state index is 12.9. The minimum Gasteiger partial charge on any atom is -0.393 e. The van der Waals surface area contributed by atoms with Gasteiger partial charge in [-0.25, -0.2) is 4.98 Å². The third-order valence-electron chi connectivity index (χ3n) is 7.94. The molecular weight excluding hydrogens is 498 g/mol. The summed E-state index contributed by atoms with van der Waals surface area (Å²) in [7, 11) is 1.89. The molecule has 2 aromatic rings. The number of carbonyl (C=O) groups is 1. The molecule has 2 N–H and O–H groups in total. The van der Waals surface area contributed by atoms with Crippen molar-refractivity contribution in [3.8, 4) is 0 Å². The van der Waals surface area contributed by atoms with Gasteiger partial charge >= 0.3 is 0 Å². The zero-order chi connectivity index (χ0) is 26.3. The van der Waals surface area contributed by atoms with Crippen molar-refractivity contribution in [2.45, 2.75) is 70.1 Å².